The molecule has 0 unspecified atom stereocenters. The molecule has 0 aliphatic rings. The summed E-state index contributed by atoms with van der Waals surface area (Å²) >= 11 is 0.574. The van der Waals surface area contributed by atoms with Gasteiger partial charge >= 0.3 is 5.97 Å². The largest absolute Gasteiger partial charge is 0.510 e. The number of aromatic nitrogens is 2. The van der Waals surface area contributed by atoms with Crippen LogP contribution in [0, 0.1) is 17.5 Å². The molecule has 140 valence electrons. The molecule has 27 heavy (non-hydrogen) atoms. The van der Waals surface area contributed by atoms with E-state index in [4.69, 9.17) is 0 Å². The lowest BCUT2D eigenvalue weighted by molar-refractivity contribution is -0.133. The Morgan fingerprint density at radius 1 is 1.22 bits per heavy atom. The summed E-state index contributed by atoms with van der Waals surface area (Å²) in [6.45, 7) is 0. The van der Waals surface area contributed by atoms with Crippen LogP contribution in [-0.2, 0) is 9.53 Å². The van der Waals surface area contributed by atoms with Gasteiger partial charge in [-0.1, -0.05) is 12.1 Å². The molecule has 0 atom stereocenters. The SMILES string of the molecule is COC(=O)C(=C(O)CSc1c(F)cc(F)cc1F)c1nc2ccccc2[nH]1. The van der Waals surface area contributed by atoms with Crippen LogP contribution in [0.2, 0.25) is 0 Å². The van der Waals surface area contributed by atoms with Gasteiger partial charge in [-0.2, -0.15) is 0 Å². The molecule has 0 fully saturated rings. The maximum atomic E-state index is 13.7. The highest BCUT2D eigenvalue weighted by molar-refractivity contribution is 7.99. The first-order valence-corrected chi connectivity index (χ1v) is 8.62. The molecule has 0 saturated heterocycles. The summed E-state index contributed by atoms with van der Waals surface area (Å²) in [5.41, 5.74) is 0.930. The zero-order chi connectivity index (χ0) is 19.6. The van der Waals surface area contributed by atoms with Gasteiger partial charge in [0.15, 0.2) is 0 Å². The summed E-state index contributed by atoms with van der Waals surface area (Å²) in [6, 6.07) is 8.03. The number of fused-ring (bicyclic) bond motifs is 1. The average Bonchev–Trinajstić information content (AvgIpc) is 3.04. The van der Waals surface area contributed by atoms with Crippen LogP contribution in [0.4, 0.5) is 13.2 Å². The zero-order valence-electron chi connectivity index (χ0n) is 13.9. The van der Waals surface area contributed by atoms with Crippen molar-refractivity contribution < 1.29 is 27.8 Å². The predicted octanol–water partition coefficient (Wildman–Crippen LogP) is 4.21. The molecule has 0 radical (unpaired) electrons. The normalized spacial score (nSPS) is 12.1. The van der Waals surface area contributed by atoms with Crippen molar-refractivity contribution in [3.05, 3.63) is 65.4 Å². The third-order valence-electron chi connectivity index (χ3n) is 3.62. The quantitative estimate of drug-likeness (QED) is 0.293. The van der Waals surface area contributed by atoms with Crippen molar-refractivity contribution >= 4 is 34.3 Å². The smallest absolute Gasteiger partial charge is 0.345 e. The molecule has 0 spiro atoms. The third kappa shape index (κ3) is 3.92. The van der Waals surface area contributed by atoms with E-state index in [1.165, 1.54) is 0 Å². The Morgan fingerprint density at radius 3 is 2.52 bits per heavy atom. The molecule has 0 saturated carbocycles. The van der Waals surface area contributed by atoms with Gasteiger partial charge in [0, 0.05) is 12.1 Å². The molecule has 2 N–H and O–H groups in total. The lowest BCUT2D eigenvalue weighted by atomic mass is 10.2. The van der Waals surface area contributed by atoms with Crippen molar-refractivity contribution in [3.63, 3.8) is 0 Å². The Labute approximate surface area is 155 Å². The molecule has 0 amide bonds. The second kappa shape index (κ2) is 7.75. The molecule has 9 heteroatoms. The number of imidazole rings is 1. The van der Waals surface area contributed by atoms with Crippen LogP contribution >= 0.6 is 11.8 Å². The van der Waals surface area contributed by atoms with Crippen molar-refractivity contribution in [1.82, 2.24) is 9.97 Å². The van der Waals surface area contributed by atoms with Crippen LogP contribution in [0.5, 0.6) is 0 Å². The standard InChI is InChI=1S/C18H13F3N2O3S/c1-26-18(25)15(17-22-12-4-2-3-5-13(12)23-17)14(24)8-27-16-10(20)6-9(19)7-11(16)21/h2-7,24H,8H2,1H3,(H,22,23). The predicted molar refractivity (Wildman–Crippen MR) is 94.7 cm³/mol. The molecule has 0 aliphatic heterocycles. The van der Waals surface area contributed by atoms with Crippen LogP contribution in [0.3, 0.4) is 0 Å². The van der Waals surface area contributed by atoms with Gasteiger partial charge in [-0.25, -0.2) is 22.9 Å². The Bertz CT molecular complexity index is 993. The molecule has 3 aromatic rings. The number of benzene rings is 2. The molecule has 3 rings (SSSR count). The lowest BCUT2D eigenvalue weighted by Crippen LogP contribution is -2.10. The Morgan fingerprint density at radius 2 is 1.89 bits per heavy atom. The number of carbonyl (C=O) groups is 1. The minimum Gasteiger partial charge on any atom is -0.510 e. The number of hydrogen-bond donors (Lipinski definition) is 2. The van der Waals surface area contributed by atoms with Crippen molar-refractivity contribution in [3.8, 4) is 0 Å². The molecule has 1 aromatic heterocycles. The van der Waals surface area contributed by atoms with E-state index < -0.39 is 34.1 Å². The van der Waals surface area contributed by atoms with E-state index in [2.05, 4.69) is 14.7 Å². The van der Waals surface area contributed by atoms with Crippen molar-refractivity contribution in [2.45, 2.75) is 4.90 Å². The molecule has 5 nitrogen and oxygen atoms in total. The first-order valence-electron chi connectivity index (χ1n) is 7.63. The maximum absolute atomic E-state index is 13.7. The summed E-state index contributed by atoms with van der Waals surface area (Å²) in [6.07, 6.45) is 0. The summed E-state index contributed by atoms with van der Waals surface area (Å²) in [5.74, 6) is -4.92. The fourth-order valence-electron chi connectivity index (χ4n) is 2.40. The van der Waals surface area contributed by atoms with Gasteiger partial charge in [0.2, 0.25) is 0 Å². The number of para-hydroxylation sites is 2. The fourth-order valence-corrected chi connectivity index (χ4v) is 3.22. The van der Waals surface area contributed by atoms with Gasteiger partial charge in [0.25, 0.3) is 0 Å². The Kier molecular flexibility index (Phi) is 5.41. The van der Waals surface area contributed by atoms with E-state index in [1.54, 1.807) is 24.3 Å². The second-order valence-corrected chi connectivity index (χ2v) is 6.39. The topological polar surface area (TPSA) is 75.2 Å². The molecular weight excluding hydrogens is 381 g/mol. The first kappa shape index (κ1) is 18.8. The number of carbonyl (C=O) groups excluding carboxylic acids is 1. The highest BCUT2D eigenvalue weighted by Gasteiger charge is 2.23. The number of methoxy groups -OCH3 is 1. The number of hydrogen-bond acceptors (Lipinski definition) is 5. The van der Waals surface area contributed by atoms with Gasteiger partial charge in [-0.15, -0.1) is 11.8 Å². The first-order chi connectivity index (χ1) is 12.9. The minimum absolute atomic E-state index is 0.0567. The summed E-state index contributed by atoms with van der Waals surface area (Å²) < 4.78 is 45.1. The number of aliphatic hydroxyl groups is 1. The summed E-state index contributed by atoms with van der Waals surface area (Å²) in [4.78, 5) is 18.7. The van der Waals surface area contributed by atoms with E-state index in [-0.39, 0.29) is 17.2 Å². The van der Waals surface area contributed by atoms with E-state index >= 15 is 0 Å². The number of thioether (sulfide) groups is 1. The van der Waals surface area contributed by atoms with E-state index in [9.17, 15) is 23.1 Å². The van der Waals surface area contributed by atoms with Crippen molar-refractivity contribution in [2.75, 3.05) is 12.9 Å². The Balaban J connectivity index is 1.96. The average molecular weight is 394 g/mol. The molecule has 2 aromatic carbocycles. The van der Waals surface area contributed by atoms with Crippen LogP contribution < -0.4 is 0 Å². The summed E-state index contributed by atoms with van der Waals surface area (Å²) in [5, 5.41) is 10.4. The molecular formula is C18H13F3N2O3S. The Hall–Kier alpha value is -2.94. The maximum Gasteiger partial charge on any atom is 0.345 e. The number of halogens is 3. The molecule has 0 bridgehead atoms. The number of aromatic amines is 1. The van der Waals surface area contributed by atoms with Gasteiger partial charge in [0.1, 0.15) is 34.6 Å². The number of rotatable bonds is 5. The number of aliphatic hydroxyl groups excluding tert-OH is 1. The second-order valence-electron chi connectivity index (χ2n) is 5.40. The summed E-state index contributed by atoms with van der Waals surface area (Å²) in [7, 11) is 1.13. The number of H-pyrrole nitrogens is 1. The highest BCUT2D eigenvalue weighted by Crippen LogP contribution is 2.29. The van der Waals surface area contributed by atoms with E-state index in [1.807, 2.05) is 0 Å². The van der Waals surface area contributed by atoms with E-state index in [0.717, 1.165) is 7.11 Å². The number of esters is 1. The van der Waals surface area contributed by atoms with Crippen molar-refractivity contribution in [1.29, 1.82) is 0 Å². The van der Waals surface area contributed by atoms with Crippen LogP contribution in [0.15, 0.2) is 47.1 Å². The third-order valence-corrected chi connectivity index (χ3v) is 4.72. The van der Waals surface area contributed by atoms with Crippen LogP contribution in [0.25, 0.3) is 16.6 Å². The minimum atomic E-state index is -1.10. The van der Waals surface area contributed by atoms with Crippen LogP contribution in [-0.4, -0.2) is 33.9 Å². The van der Waals surface area contributed by atoms with Crippen molar-refractivity contribution in [2.24, 2.45) is 0 Å². The zero-order valence-corrected chi connectivity index (χ0v) is 14.7. The van der Waals surface area contributed by atoms with Gasteiger partial charge < -0.3 is 14.8 Å². The highest BCUT2D eigenvalue weighted by atomic mass is 32.2. The molecule has 0 aliphatic carbocycles. The van der Waals surface area contributed by atoms with Gasteiger partial charge in [-0.3, -0.25) is 0 Å². The number of nitrogens with zero attached hydrogens (tertiary/aromatic N) is 1. The van der Waals surface area contributed by atoms with Gasteiger partial charge in [-0.05, 0) is 12.1 Å². The lowest BCUT2D eigenvalue weighted by Gasteiger charge is -2.08. The number of nitrogens with one attached hydrogen (secondary N) is 1. The fraction of sp³-hybridized carbons (Fsp3) is 0.111. The molecule has 1 heterocycles. The van der Waals surface area contributed by atoms with Gasteiger partial charge in [0.05, 0.1) is 28.8 Å². The van der Waals surface area contributed by atoms with Crippen LogP contribution in [0.1, 0.15) is 5.82 Å². The van der Waals surface area contributed by atoms with E-state index in [0.29, 0.717) is 34.9 Å². The monoisotopic (exact) mass is 394 g/mol. The number of ether oxygens (including phenoxy) is 1.